The van der Waals surface area contributed by atoms with E-state index in [0.717, 1.165) is 27.1 Å². The molecule has 0 aliphatic rings. The monoisotopic (exact) mass is 417 g/mol. The van der Waals surface area contributed by atoms with E-state index in [2.05, 4.69) is 10.3 Å². The Morgan fingerprint density at radius 1 is 1.00 bits per heavy atom. The number of rotatable bonds is 4. The van der Waals surface area contributed by atoms with Crippen molar-refractivity contribution in [1.82, 2.24) is 9.55 Å². The van der Waals surface area contributed by atoms with Gasteiger partial charge in [-0.1, -0.05) is 47.5 Å². The maximum atomic E-state index is 13.4. The molecule has 152 valence electrons. The SMILES string of the molecule is Cc1ccc(NC(=O)C(C)n2cnc3sc(C)c(-c4ccc(C)cc4)c3c2=O)cc1. The summed E-state index contributed by atoms with van der Waals surface area (Å²) in [5, 5.41) is 3.44. The van der Waals surface area contributed by atoms with Crippen LogP contribution in [0.3, 0.4) is 0 Å². The smallest absolute Gasteiger partial charge is 0.263 e. The summed E-state index contributed by atoms with van der Waals surface area (Å²) < 4.78 is 1.41. The first kappa shape index (κ1) is 20.0. The van der Waals surface area contributed by atoms with Crippen molar-refractivity contribution in [1.29, 1.82) is 0 Å². The van der Waals surface area contributed by atoms with Crippen molar-refractivity contribution in [3.8, 4) is 11.1 Å². The van der Waals surface area contributed by atoms with Crippen molar-refractivity contribution < 1.29 is 4.79 Å². The largest absolute Gasteiger partial charge is 0.324 e. The molecule has 0 saturated heterocycles. The highest BCUT2D eigenvalue weighted by Gasteiger charge is 2.22. The molecule has 0 fully saturated rings. The van der Waals surface area contributed by atoms with E-state index in [1.807, 2.05) is 69.3 Å². The van der Waals surface area contributed by atoms with Crippen LogP contribution in [-0.2, 0) is 4.79 Å². The number of amides is 1. The van der Waals surface area contributed by atoms with E-state index in [1.54, 1.807) is 6.92 Å². The van der Waals surface area contributed by atoms with Crippen LogP contribution in [0.5, 0.6) is 0 Å². The molecule has 0 aliphatic carbocycles. The highest BCUT2D eigenvalue weighted by molar-refractivity contribution is 7.19. The van der Waals surface area contributed by atoms with E-state index in [9.17, 15) is 9.59 Å². The predicted molar refractivity (Wildman–Crippen MR) is 123 cm³/mol. The number of hydrogen-bond acceptors (Lipinski definition) is 4. The Labute approximate surface area is 179 Å². The molecule has 0 radical (unpaired) electrons. The first-order valence-electron chi connectivity index (χ1n) is 9.80. The number of hydrogen-bond donors (Lipinski definition) is 1. The molecule has 1 atom stereocenters. The molecule has 1 amide bonds. The molecule has 0 saturated carbocycles. The van der Waals surface area contributed by atoms with Gasteiger partial charge in [-0.15, -0.1) is 11.3 Å². The van der Waals surface area contributed by atoms with Gasteiger partial charge in [0.05, 0.1) is 11.7 Å². The van der Waals surface area contributed by atoms with E-state index < -0.39 is 6.04 Å². The number of aryl methyl sites for hydroxylation is 3. The molecule has 4 rings (SSSR count). The standard InChI is InChI=1S/C24H23N3O2S/c1-14-5-9-18(10-6-14)20-17(4)30-23-21(20)24(29)27(13-25-23)16(3)22(28)26-19-11-7-15(2)8-12-19/h5-13,16H,1-4H3,(H,26,28). The number of benzene rings is 2. The fourth-order valence-corrected chi connectivity index (χ4v) is 4.47. The summed E-state index contributed by atoms with van der Waals surface area (Å²) in [6.07, 6.45) is 1.47. The number of carbonyl (C=O) groups excluding carboxylic acids is 1. The number of aromatic nitrogens is 2. The zero-order chi connectivity index (χ0) is 21.4. The maximum absolute atomic E-state index is 13.4. The number of fused-ring (bicyclic) bond motifs is 1. The van der Waals surface area contributed by atoms with Crippen LogP contribution in [0, 0.1) is 20.8 Å². The van der Waals surface area contributed by atoms with Crippen LogP contribution in [0.15, 0.2) is 59.7 Å². The van der Waals surface area contributed by atoms with Gasteiger partial charge in [-0.25, -0.2) is 4.98 Å². The van der Waals surface area contributed by atoms with Gasteiger partial charge < -0.3 is 5.32 Å². The molecule has 2 aromatic heterocycles. The fourth-order valence-electron chi connectivity index (χ4n) is 3.47. The summed E-state index contributed by atoms with van der Waals surface area (Å²) in [4.78, 5) is 32.4. The predicted octanol–water partition coefficient (Wildman–Crippen LogP) is 5.25. The molecule has 0 spiro atoms. The number of thiophene rings is 1. The van der Waals surface area contributed by atoms with Crippen molar-refractivity contribution in [2.45, 2.75) is 33.7 Å². The summed E-state index contributed by atoms with van der Waals surface area (Å²) in [6.45, 7) is 7.73. The second-order valence-corrected chi connectivity index (χ2v) is 8.77. The van der Waals surface area contributed by atoms with Crippen molar-refractivity contribution in [3.05, 3.63) is 81.2 Å². The zero-order valence-electron chi connectivity index (χ0n) is 17.4. The molecule has 4 aromatic rings. The third-order valence-corrected chi connectivity index (χ3v) is 6.28. The third kappa shape index (κ3) is 3.66. The van der Waals surface area contributed by atoms with Crippen LogP contribution in [0.1, 0.15) is 29.0 Å². The summed E-state index contributed by atoms with van der Waals surface area (Å²) in [5.41, 5.74) is 4.65. The van der Waals surface area contributed by atoms with Gasteiger partial charge in [-0.2, -0.15) is 0 Å². The van der Waals surface area contributed by atoms with E-state index in [0.29, 0.717) is 15.9 Å². The zero-order valence-corrected chi connectivity index (χ0v) is 18.2. The highest BCUT2D eigenvalue weighted by Crippen LogP contribution is 2.35. The number of anilines is 1. The van der Waals surface area contributed by atoms with E-state index >= 15 is 0 Å². The molecule has 2 aromatic carbocycles. The van der Waals surface area contributed by atoms with Crippen LogP contribution < -0.4 is 10.9 Å². The van der Waals surface area contributed by atoms with E-state index in [-0.39, 0.29) is 11.5 Å². The molecule has 1 N–H and O–H groups in total. The number of nitrogens with one attached hydrogen (secondary N) is 1. The maximum Gasteiger partial charge on any atom is 0.263 e. The van der Waals surface area contributed by atoms with Crippen LogP contribution in [0.25, 0.3) is 21.3 Å². The Kier molecular flexibility index (Phi) is 5.26. The van der Waals surface area contributed by atoms with Gasteiger partial charge in [0, 0.05) is 16.1 Å². The summed E-state index contributed by atoms with van der Waals surface area (Å²) >= 11 is 1.50. The van der Waals surface area contributed by atoms with Crippen molar-refractivity contribution in [2.24, 2.45) is 0 Å². The van der Waals surface area contributed by atoms with Gasteiger partial charge in [0.15, 0.2) is 0 Å². The molecule has 1 unspecified atom stereocenters. The molecule has 0 bridgehead atoms. The van der Waals surface area contributed by atoms with E-state index in [4.69, 9.17) is 0 Å². The van der Waals surface area contributed by atoms with Gasteiger partial charge in [0.25, 0.3) is 5.56 Å². The molecular weight excluding hydrogens is 394 g/mol. The Morgan fingerprint density at radius 2 is 1.60 bits per heavy atom. The first-order chi connectivity index (χ1) is 14.3. The van der Waals surface area contributed by atoms with Crippen LogP contribution >= 0.6 is 11.3 Å². The minimum Gasteiger partial charge on any atom is -0.324 e. The normalized spacial score (nSPS) is 12.1. The van der Waals surface area contributed by atoms with Gasteiger partial charge in [-0.05, 0) is 45.4 Å². The lowest BCUT2D eigenvalue weighted by molar-refractivity contribution is -0.118. The van der Waals surface area contributed by atoms with Crippen molar-refractivity contribution in [3.63, 3.8) is 0 Å². The van der Waals surface area contributed by atoms with Crippen molar-refractivity contribution in [2.75, 3.05) is 5.32 Å². The minimum atomic E-state index is -0.693. The fraction of sp³-hybridized carbons (Fsp3) is 0.208. The Morgan fingerprint density at radius 3 is 2.23 bits per heavy atom. The lowest BCUT2D eigenvalue weighted by Gasteiger charge is -2.15. The number of nitrogens with zero attached hydrogens (tertiary/aromatic N) is 2. The van der Waals surface area contributed by atoms with E-state index in [1.165, 1.54) is 22.2 Å². The summed E-state index contributed by atoms with van der Waals surface area (Å²) in [6, 6.07) is 15.0. The van der Waals surface area contributed by atoms with Gasteiger partial charge in [0.1, 0.15) is 10.9 Å². The lowest BCUT2D eigenvalue weighted by atomic mass is 10.0. The highest BCUT2D eigenvalue weighted by atomic mass is 32.1. The summed E-state index contributed by atoms with van der Waals surface area (Å²) in [5.74, 6) is -0.258. The first-order valence-corrected chi connectivity index (χ1v) is 10.6. The average molecular weight is 418 g/mol. The molecule has 6 heteroatoms. The minimum absolute atomic E-state index is 0.202. The molecule has 2 heterocycles. The van der Waals surface area contributed by atoms with Crippen molar-refractivity contribution >= 4 is 33.1 Å². The Balaban J connectivity index is 1.74. The average Bonchev–Trinajstić information content (AvgIpc) is 3.07. The molecule has 0 aliphatic heterocycles. The van der Waals surface area contributed by atoms with Gasteiger partial charge >= 0.3 is 0 Å². The molecular formula is C24H23N3O2S. The second kappa shape index (κ2) is 7.88. The molecule has 30 heavy (non-hydrogen) atoms. The Hall–Kier alpha value is -3.25. The van der Waals surface area contributed by atoms with Crippen LogP contribution in [0.4, 0.5) is 5.69 Å². The van der Waals surface area contributed by atoms with Crippen LogP contribution in [0.2, 0.25) is 0 Å². The summed E-state index contributed by atoms with van der Waals surface area (Å²) in [7, 11) is 0. The Bertz CT molecular complexity index is 1290. The van der Waals surface area contributed by atoms with Crippen LogP contribution in [-0.4, -0.2) is 15.5 Å². The molecule has 5 nitrogen and oxygen atoms in total. The number of carbonyl (C=O) groups is 1. The third-order valence-electron chi connectivity index (χ3n) is 5.27. The second-order valence-electron chi connectivity index (χ2n) is 7.57. The lowest BCUT2D eigenvalue weighted by Crippen LogP contribution is -2.31. The topological polar surface area (TPSA) is 64.0 Å². The van der Waals surface area contributed by atoms with Gasteiger partial charge in [0.2, 0.25) is 5.91 Å². The van der Waals surface area contributed by atoms with Gasteiger partial charge in [-0.3, -0.25) is 14.2 Å². The quantitative estimate of drug-likeness (QED) is 0.493.